The second-order valence-corrected chi connectivity index (χ2v) is 5.98. The fraction of sp³-hybridized carbons (Fsp3) is 0.500. The number of carbonyl (C=O) groups is 2. The van der Waals surface area contributed by atoms with Crippen molar-refractivity contribution in [1.29, 1.82) is 0 Å². The molecular weight excluding hydrogens is 304 g/mol. The Labute approximate surface area is 135 Å². The van der Waals surface area contributed by atoms with Crippen LogP contribution in [-0.2, 0) is 9.59 Å². The van der Waals surface area contributed by atoms with Crippen LogP contribution in [0.4, 0.5) is 0 Å². The van der Waals surface area contributed by atoms with E-state index < -0.39 is 6.10 Å². The van der Waals surface area contributed by atoms with Gasteiger partial charge in [-0.05, 0) is 37.0 Å². The van der Waals surface area contributed by atoms with Crippen molar-refractivity contribution < 1.29 is 14.7 Å². The molecule has 2 rings (SSSR count). The molecule has 6 heteroatoms. The van der Waals surface area contributed by atoms with Crippen LogP contribution in [0.1, 0.15) is 37.4 Å². The minimum absolute atomic E-state index is 0.0959. The number of hydrogen-bond acceptors (Lipinski definition) is 3. The summed E-state index contributed by atoms with van der Waals surface area (Å²) in [5, 5.41) is 16.1. The Bertz CT molecular complexity index is 515. The molecule has 1 aliphatic rings. The zero-order valence-electron chi connectivity index (χ0n) is 12.3. The van der Waals surface area contributed by atoms with E-state index in [4.69, 9.17) is 11.6 Å². The molecule has 0 saturated heterocycles. The number of carbonyl (C=O) groups excluding carboxylic acids is 2. The van der Waals surface area contributed by atoms with Crippen molar-refractivity contribution in [2.24, 2.45) is 5.92 Å². The molecule has 0 heterocycles. The molecule has 2 amide bonds. The van der Waals surface area contributed by atoms with Crippen LogP contribution in [-0.4, -0.2) is 30.0 Å². The number of benzene rings is 1. The van der Waals surface area contributed by atoms with Gasteiger partial charge in [-0.25, -0.2) is 0 Å². The molecule has 1 atom stereocenters. The maximum atomic E-state index is 11.7. The van der Waals surface area contributed by atoms with Gasteiger partial charge >= 0.3 is 0 Å². The van der Waals surface area contributed by atoms with Gasteiger partial charge in [0.1, 0.15) is 0 Å². The number of amides is 2. The van der Waals surface area contributed by atoms with Crippen LogP contribution < -0.4 is 10.6 Å². The fourth-order valence-corrected chi connectivity index (χ4v) is 2.18. The maximum Gasteiger partial charge on any atom is 0.223 e. The van der Waals surface area contributed by atoms with Gasteiger partial charge in [0, 0.05) is 30.5 Å². The van der Waals surface area contributed by atoms with E-state index in [-0.39, 0.29) is 24.3 Å². The summed E-state index contributed by atoms with van der Waals surface area (Å²) in [4.78, 5) is 23.1. The van der Waals surface area contributed by atoms with Crippen molar-refractivity contribution in [2.75, 3.05) is 13.1 Å². The van der Waals surface area contributed by atoms with Crippen molar-refractivity contribution in [3.63, 3.8) is 0 Å². The van der Waals surface area contributed by atoms with E-state index in [0.717, 1.165) is 12.8 Å². The van der Waals surface area contributed by atoms with Crippen molar-refractivity contribution in [1.82, 2.24) is 10.6 Å². The number of aliphatic hydroxyl groups excluding tert-OH is 1. The maximum absolute atomic E-state index is 11.7. The number of halogens is 1. The van der Waals surface area contributed by atoms with E-state index in [2.05, 4.69) is 10.6 Å². The lowest BCUT2D eigenvalue weighted by Crippen LogP contribution is -2.30. The molecule has 1 aromatic carbocycles. The first-order chi connectivity index (χ1) is 10.6. The van der Waals surface area contributed by atoms with Crippen molar-refractivity contribution >= 4 is 23.4 Å². The van der Waals surface area contributed by atoms with Crippen LogP contribution in [0.3, 0.4) is 0 Å². The van der Waals surface area contributed by atoms with Crippen LogP contribution in [0.2, 0.25) is 5.02 Å². The smallest absolute Gasteiger partial charge is 0.223 e. The third kappa shape index (κ3) is 5.66. The van der Waals surface area contributed by atoms with E-state index >= 15 is 0 Å². The summed E-state index contributed by atoms with van der Waals surface area (Å²) in [5.41, 5.74) is 0.710. The minimum Gasteiger partial charge on any atom is -0.387 e. The first-order valence-electron chi connectivity index (χ1n) is 7.54. The fourth-order valence-electron chi connectivity index (χ4n) is 2.05. The predicted octanol–water partition coefficient (Wildman–Crippen LogP) is 1.80. The summed E-state index contributed by atoms with van der Waals surface area (Å²) in [6.45, 7) is 0.678. The summed E-state index contributed by atoms with van der Waals surface area (Å²) in [7, 11) is 0. The average Bonchev–Trinajstić information content (AvgIpc) is 3.34. The van der Waals surface area contributed by atoms with Crippen LogP contribution in [0.5, 0.6) is 0 Å². The first kappa shape index (κ1) is 16.8. The molecule has 0 radical (unpaired) electrons. The quantitative estimate of drug-likeness (QED) is 0.638. The van der Waals surface area contributed by atoms with E-state index in [9.17, 15) is 14.7 Å². The lowest BCUT2D eigenvalue weighted by atomic mass is 10.1. The standard InChI is InChI=1S/C16H21ClN2O3/c17-13-7-5-11(6-8-13)14(20)10-19-15(21)2-1-9-18-16(22)12-3-4-12/h5-8,12,14,20H,1-4,9-10H2,(H,18,22)(H,19,21). The Morgan fingerprint density at radius 3 is 2.55 bits per heavy atom. The van der Waals surface area contributed by atoms with Gasteiger partial charge in [0.25, 0.3) is 0 Å². The Morgan fingerprint density at radius 2 is 1.91 bits per heavy atom. The van der Waals surface area contributed by atoms with Gasteiger partial charge in [-0.2, -0.15) is 0 Å². The molecule has 0 spiro atoms. The summed E-state index contributed by atoms with van der Waals surface area (Å²) in [6, 6.07) is 6.86. The van der Waals surface area contributed by atoms with Crippen molar-refractivity contribution in [2.45, 2.75) is 31.8 Å². The molecule has 22 heavy (non-hydrogen) atoms. The van der Waals surface area contributed by atoms with Gasteiger partial charge < -0.3 is 15.7 Å². The van der Waals surface area contributed by atoms with Crippen LogP contribution in [0.15, 0.2) is 24.3 Å². The molecule has 0 bridgehead atoms. The Balaban J connectivity index is 1.58. The van der Waals surface area contributed by atoms with E-state index in [1.54, 1.807) is 24.3 Å². The Hall–Kier alpha value is -1.59. The number of hydrogen-bond donors (Lipinski definition) is 3. The third-order valence-corrected chi connectivity index (χ3v) is 3.83. The van der Waals surface area contributed by atoms with Crippen LogP contribution in [0.25, 0.3) is 0 Å². The Kier molecular flexibility index (Phi) is 6.21. The highest BCUT2D eigenvalue weighted by molar-refractivity contribution is 6.30. The lowest BCUT2D eigenvalue weighted by Gasteiger charge is -2.12. The molecule has 0 aliphatic heterocycles. The summed E-state index contributed by atoms with van der Waals surface area (Å²) in [6.07, 6.45) is 2.14. The van der Waals surface area contributed by atoms with Crippen molar-refractivity contribution in [3.05, 3.63) is 34.9 Å². The second-order valence-electron chi connectivity index (χ2n) is 5.54. The molecule has 1 aromatic rings. The summed E-state index contributed by atoms with van der Waals surface area (Å²) < 4.78 is 0. The number of rotatable bonds is 8. The normalized spacial score (nSPS) is 15.2. The second kappa shape index (κ2) is 8.15. The van der Waals surface area contributed by atoms with Gasteiger partial charge in [0.05, 0.1) is 6.10 Å². The monoisotopic (exact) mass is 324 g/mol. The van der Waals surface area contributed by atoms with Gasteiger partial charge in [-0.15, -0.1) is 0 Å². The molecule has 1 saturated carbocycles. The van der Waals surface area contributed by atoms with E-state index in [1.165, 1.54) is 0 Å². The third-order valence-electron chi connectivity index (χ3n) is 3.58. The highest BCUT2D eigenvalue weighted by Gasteiger charge is 2.28. The molecule has 1 aliphatic carbocycles. The largest absolute Gasteiger partial charge is 0.387 e. The van der Waals surface area contributed by atoms with Crippen molar-refractivity contribution in [3.8, 4) is 0 Å². The minimum atomic E-state index is -0.754. The highest BCUT2D eigenvalue weighted by atomic mass is 35.5. The molecule has 5 nitrogen and oxygen atoms in total. The number of aliphatic hydroxyl groups is 1. The molecule has 0 aromatic heterocycles. The first-order valence-corrected chi connectivity index (χ1v) is 7.92. The van der Waals surface area contributed by atoms with Gasteiger partial charge in [-0.3, -0.25) is 9.59 Å². The molecule has 1 unspecified atom stereocenters. The zero-order valence-corrected chi connectivity index (χ0v) is 13.1. The van der Waals surface area contributed by atoms with Gasteiger partial charge in [0.15, 0.2) is 0 Å². The SMILES string of the molecule is O=C(CCCNC(=O)C1CC1)NCC(O)c1ccc(Cl)cc1. The molecule has 3 N–H and O–H groups in total. The van der Waals surface area contributed by atoms with Gasteiger partial charge in [0.2, 0.25) is 11.8 Å². The van der Waals surface area contributed by atoms with Crippen LogP contribution in [0, 0.1) is 5.92 Å². The summed E-state index contributed by atoms with van der Waals surface area (Å²) in [5.74, 6) is 0.163. The zero-order chi connectivity index (χ0) is 15.9. The highest BCUT2D eigenvalue weighted by Crippen LogP contribution is 2.28. The van der Waals surface area contributed by atoms with Gasteiger partial charge in [-0.1, -0.05) is 23.7 Å². The molecule has 120 valence electrons. The van der Waals surface area contributed by atoms with E-state index in [1.807, 2.05) is 0 Å². The molecule has 1 fully saturated rings. The topological polar surface area (TPSA) is 78.4 Å². The lowest BCUT2D eigenvalue weighted by molar-refractivity contribution is -0.123. The van der Waals surface area contributed by atoms with E-state index in [0.29, 0.717) is 30.0 Å². The predicted molar refractivity (Wildman–Crippen MR) is 84.4 cm³/mol. The van der Waals surface area contributed by atoms with Crippen LogP contribution >= 0.6 is 11.6 Å². The average molecular weight is 325 g/mol. The molecular formula is C16H21ClN2O3. The Morgan fingerprint density at radius 1 is 1.23 bits per heavy atom. The summed E-state index contributed by atoms with van der Waals surface area (Å²) >= 11 is 5.78. The number of nitrogens with one attached hydrogen (secondary N) is 2.